The smallest absolute Gasteiger partial charge is 0.272 e. The van der Waals surface area contributed by atoms with E-state index in [-0.39, 0.29) is 17.8 Å². The maximum Gasteiger partial charge on any atom is 0.272 e. The van der Waals surface area contributed by atoms with E-state index in [1.165, 1.54) is 12.1 Å². The number of hydrogen-bond acceptors (Lipinski definition) is 3. The Morgan fingerprint density at radius 1 is 1.06 bits per heavy atom. The van der Waals surface area contributed by atoms with Crippen molar-refractivity contribution < 1.29 is 14.0 Å². The molecule has 6 nitrogen and oxygen atoms in total. The average Bonchev–Trinajstić information content (AvgIpc) is 3.14. The maximum atomic E-state index is 13.2. The topological polar surface area (TPSA) is 90.0 Å². The van der Waals surface area contributed by atoms with Crippen LogP contribution in [0.5, 0.6) is 0 Å². The molecule has 0 unspecified atom stereocenters. The van der Waals surface area contributed by atoms with Crippen LogP contribution in [0.2, 0.25) is 0 Å². The van der Waals surface area contributed by atoms with Crippen molar-refractivity contribution in [3.05, 3.63) is 101 Å². The molecule has 1 aromatic heterocycles. The maximum absolute atomic E-state index is 13.2. The van der Waals surface area contributed by atoms with Gasteiger partial charge < -0.3 is 11.1 Å². The van der Waals surface area contributed by atoms with E-state index in [0.717, 1.165) is 22.0 Å². The molecule has 0 radical (unpaired) electrons. The molecule has 0 spiro atoms. The number of halogens is 1. The van der Waals surface area contributed by atoms with Gasteiger partial charge >= 0.3 is 0 Å². The van der Waals surface area contributed by atoms with Gasteiger partial charge in [0.25, 0.3) is 5.91 Å². The molecular formula is C24H21FN4O2. The van der Waals surface area contributed by atoms with Gasteiger partial charge in [-0.15, -0.1) is 0 Å². The lowest BCUT2D eigenvalue weighted by molar-refractivity contribution is 0.0935. The molecule has 3 N–H and O–H groups in total. The summed E-state index contributed by atoms with van der Waals surface area (Å²) in [4.78, 5) is 24.5. The zero-order valence-electron chi connectivity index (χ0n) is 16.9. The molecule has 0 bridgehead atoms. The molecule has 31 heavy (non-hydrogen) atoms. The molecule has 7 heteroatoms. The van der Waals surface area contributed by atoms with Crippen LogP contribution in [0.25, 0.3) is 10.9 Å². The molecule has 0 saturated carbocycles. The van der Waals surface area contributed by atoms with Gasteiger partial charge in [0.1, 0.15) is 5.82 Å². The Hall–Kier alpha value is -4.00. The van der Waals surface area contributed by atoms with Gasteiger partial charge in [0.2, 0.25) is 5.91 Å². The molecule has 156 valence electrons. The highest BCUT2D eigenvalue weighted by Gasteiger charge is 2.19. The van der Waals surface area contributed by atoms with Crippen molar-refractivity contribution in [2.75, 3.05) is 0 Å². The predicted molar refractivity (Wildman–Crippen MR) is 116 cm³/mol. The Morgan fingerprint density at radius 3 is 2.55 bits per heavy atom. The van der Waals surface area contributed by atoms with Gasteiger partial charge in [-0.25, -0.2) is 4.39 Å². The van der Waals surface area contributed by atoms with Gasteiger partial charge in [0, 0.05) is 10.9 Å². The van der Waals surface area contributed by atoms with Crippen molar-refractivity contribution in [3.8, 4) is 0 Å². The number of aromatic nitrogens is 2. The van der Waals surface area contributed by atoms with Crippen molar-refractivity contribution >= 4 is 22.7 Å². The second kappa shape index (κ2) is 8.39. The Labute approximate surface area is 178 Å². The van der Waals surface area contributed by atoms with Gasteiger partial charge in [-0.1, -0.05) is 42.5 Å². The summed E-state index contributed by atoms with van der Waals surface area (Å²) >= 11 is 0. The minimum Gasteiger partial charge on any atom is -0.366 e. The highest BCUT2D eigenvalue weighted by atomic mass is 19.1. The van der Waals surface area contributed by atoms with Crippen molar-refractivity contribution in [2.45, 2.75) is 19.5 Å². The van der Waals surface area contributed by atoms with E-state index in [9.17, 15) is 14.0 Å². The third-order valence-corrected chi connectivity index (χ3v) is 5.14. The standard InChI is InChI=1S/C24H21FN4O2/c1-15(17-5-4-6-18(13-17)23(26)30)27-24(31)22-20-7-2-3-8-21(20)29(28-22)14-16-9-11-19(25)12-10-16/h2-13,15H,14H2,1H3,(H2,26,30)(H,27,31)/t15-/m1/s1. The van der Waals surface area contributed by atoms with Gasteiger partial charge in [-0.2, -0.15) is 5.10 Å². The van der Waals surface area contributed by atoms with Crippen molar-refractivity contribution in [2.24, 2.45) is 5.73 Å². The number of carbonyl (C=O) groups excluding carboxylic acids is 2. The highest BCUT2D eigenvalue weighted by molar-refractivity contribution is 6.05. The lowest BCUT2D eigenvalue weighted by Gasteiger charge is -2.14. The second-order valence-corrected chi connectivity index (χ2v) is 7.33. The number of fused-ring (bicyclic) bond motifs is 1. The minimum atomic E-state index is -0.522. The molecule has 0 saturated heterocycles. The van der Waals surface area contributed by atoms with Crippen LogP contribution in [0.4, 0.5) is 4.39 Å². The molecule has 0 aliphatic rings. The first-order valence-corrected chi connectivity index (χ1v) is 9.83. The molecule has 4 aromatic rings. The van der Waals surface area contributed by atoms with Crippen LogP contribution in [0, 0.1) is 5.82 Å². The van der Waals surface area contributed by atoms with Gasteiger partial charge in [0.15, 0.2) is 5.69 Å². The van der Waals surface area contributed by atoms with E-state index in [1.54, 1.807) is 35.0 Å². The van der Waals surface area contributed by atoms with Crippen molar-refractivity contribution in [1.82, 2.24) is 15.1 Å². The number of hydrogen-bond donors (Lipinski definition) is 2. The zero-order valence-corrected chi connectivity index (χ0v) is 16.9. The van der Waals surface area contributed by atoms with Gasteiger partial charge in [-0.3, -0.25) is 14.3 Å². The summed E-state index contributed by atoms with van der Waals surface area (Å²) in [5, 5.41) is 8.20. The predicted octanol–water partition coefficient (Wildman–Crippen LogP) is 3.81. The number of para-hydroxylation sites is 1. The number of nitrogens with one attached hydrogen (secondary N) is 1. The van der Waals surface area contributed by atoms with Crippen LogP contribution in [-0.4, -0.2) is 21.6 Å². The van der Waals surface area contributed by atoms with Crippen LogP contribution in [0.15, 0.2) is 72.8 Å². The lowest BCUT2D eigenvalue weighted by Crippen LogP contribution is -2.27. The monoisotopic (exact) mass is 416 g/mol. The molecule has 4 rings (SSSR count). The Morgan fingerprint density at radius 2 is 1.81 bits per heavy atom. The fourth-order valence-electron chi connectivity index (χ4n) is 3.49. The molecule has 1 atom stereocenters. The summed E-state index contributed by atoms with van der Waals surface area (Å²) in [5.41, 5.74) is 8.48. The fraction of sp³-hybridized carbons (Fsp3) is 0.125. The molecular weight excluding hydrogens is 395 g/mol. The first kappa shape index (κ1) is 20.3. The zero-order chi connectivity index (χ0) is 22.0. The van der Waals surface area contributed by atoms with E-state index in [1.807, 2.05) is 37.3 Å². The number of primary amides is 1. The Bertz CT molecular complexity index is 1260. The Kier molecular flexibility index (Phi) is 5.49. The fourth-order valence-corrected chi connectivity index (χ4v) is 3.49. The number of carbonyl (C=O) groups is 2. The molecule has 2 amide bonds. The molecule has 0 aliphatic carbocycles. The summed E-state index contributed by atoms with van der Waals surface area (Å²) in [7, 11) is 0. The number of nitrogens with two attached hydrogens (primary N) is 1. The molecule has 3 aromatic carbocycles. The summed E-state index contributed by atoms with van der Waals surface area (Å²) in [6.45, 7) is 2.24. The number of benzene rings is 3. The number of rotatable bonds is 6. The van der Waals surface area contributed by atoms with E-state index in [4.69, 9.17) is 5.73 Å². The molecule has 0 aliphatic heterocycles. The van der Waals surface area contributed by atoms with E-state index in [2.05, 4.69) is 10.4 Å². The van der Waals surface area contributed by atoms with Crippen molar-refractivity contribution in [1.29, 1.82) is 0 Å². The quantitative estimate of drug-likeness (QED) is 0.501. The van der Waals surface area contributed by atoms with E-state index < -0.39 is 5.91 Å². The van der Waals surface area contributed by atoms with Crippen LogP contribution in [0.3, 0.4) is 0 Å². The average molecular weight is 416 g/mol. The van der Waals surface area contributed by atoms with Gasteiger partial charge in [0.05, 0.1) is 18.1 Å². The molecule has 1 heterocycles. The number of amides is 2. The second-order valence-electron chi connectivity index (χ2n) is 7.33. The summed E-state index contributed by atoms with van der Waals surface area (Å²) < 4.78 is 14.9. The van der Waals surface area contributed by atoms with Gasteiger partial charge in [-0.05, 0) is 48.4 Å². The van der Waals surface area contributed by atoms with Crippen LogP contribution in [-0.2, 0) is 6.54 Å². The summed E-state index contributed by atoms with van der Waals surface area (Å²) in [6.07, 6.45) is 0. The third-order valence-electron chi connectivity index (χ3n) is 5.14. The van der Waals surface area contributed by atoms with E-state index >= 15 is 0 Å². The normalized spacial score (nSPS) is 11.9. The first-order chi connectivity index (χ1) is 14.9. The summed E-state index contributed by atoms with van der Waals surface area (Å²) in [5.74, 6) is -1.15. The largest absolute Gasteiger partial charge is 0.366 e. The van der Waals surface area contributed by atoms with Crippen molar-refractivity contribution in [3.63, 3.8) is 0 Å². The first-order valence-electron chi connectivity index (χ1n) is 9.83. The van der Waals surface area contributed by atoms with E-state index in [0.29, 0.717) is 17.8 Å². The lowest BCUT2D eigenvalue weighted by atomic mass is 10.0. The van der Waals surface area contributed by atoms with Crippen LogP contribution in [0.1, 0.15) is 44.9 Å². The highest BCUT2D eigenvalue weighted by Crippen LogP contribution is 2.21. The number of nitrogens with zero attached hydrogens (tertiary/aromatic N) is 2. The van der Waals surface area contributed by atoms with Crippen LogP contribution >= 0.6 is 0 Å². The minimum absolute atomic E-state index is 0.301. The third kappa shape index (κ3) is 4.30. The molecule has 0 fully saturated rings. The van der Waals surface area contributed by atoms with Crippen LogP contribution < -0.4 is 11.1 Å². The Balaban J connectivity index is 1.61. The SMILES string of the molecule is C[C@@H](NC(=O)c1nn(Cc2ccc(F)cc2)c2ccccc12)c1cccc(C(N)=O)c1. The summed E-state index contributed by atoms with van der Waals surface area (Å²) in [6, 6.07) is 20.1.